The fraction of sp³-hybridized carbons (Fsp3) is 0.400. The summed E-state index contributed by atoms with van der Waals surface area (Å²) in [5, 5.41) is 0. The summed E-state index contributed by atoms with van der Waals surface area (Å²) in [5.74, 6) is -2.76. The molecule has 0 amide bonds. The predicted molar refractivity (Wildman–Crippen MR) is 71.7 cm³/mol. The van der Waals surface area contributed by atoms with E-state index in [2.05, 4.69) is 0 Å². The number of rotatable bonds is 3. The molecular formula is C10H12ClF2NO4S2. The number of anilines is 1. The Morgan fingerprint density at radius 3 is 1.75 bits per heavy atom. The average molecular weight is 348 g/mol. The van der Waals surface area contributed by atoms with Crippen molar-refractivity contribution in [2.24, 2.45) is 0 Å². The first-order valence-corrected chi connectivity index (χ1v) is 9.01. The largest absolute Gasteiger partial charge is 0.277 e. The molecule has 0 heterocycles. The monoisotopic (exact) mass is 347 g/mol. The van der Waals surface area contributed by atoms with Gasteiger partial charge in [-0.15, -0.1) is 0 Å². The fourth-order valence-corrected chi connectivity index (χ4v) is 2.60. The van der Waals surface area contributed by atoms with E-state index in [0.29, 0.717) is 12.1 Å². The Labute approximate surface area is 120 Å². The molecule has 20 heavy (non-hydrogen) atoms. The van der Waals surface area contributed by atoms with Gasteiger partial charge in [0, 0.05) is 10.7 Å². The molecule has 1 aromatic carbocycles. The van der Waals surface area contributed by atoms with Crippen LogP contribution in [0.25, 0.3) is 0 Å². The predicted octanol–water partition coefficient (Wildman–Crippen LogP) is 2.43. The molecule has 0 aliphatic carbocycles. The highest BCUT2D eigenvalue weighted by Crippen LogP contribution is 2.28. The van der Waals surface area contributed by atoms with Crippen molar-refractivity contribution in [2.75, 3.05) is 4.72 Å². The summed E-state index contributed by atoms with van der Waals surface area (Å²) in [6.45, 7) is 4.01. The van der Waals surface area contributed by atoms with Gasteiger partial charge in [0.2, 0.25) is 10.0 Å². The molecule has 1 aromatic rings. The van der Waals surface area contributed by atoms with Gasteiger partial charge < -0.3 is 0 Å². The molecule has 0 saturated heterocycles. The lowest BCUT2D eigenvalue weighted by atomic mass is 10.3. The first-order chi connectivity index (χ1) is 8.75. The third kappa shape index (κ3) is 3.58. The normalized spacial score (nSPS) is 13.3. The molecule has 0 radical (unpaired) electrons. The van der Waals surface area contributed by atoms with Gasteiger partial charge in [-0.25, -0.2) is 25.6 Å². The second-order valence-corrected chi connectivity index (χ2v) is 9.92. The maximum Gasteiger partial charge on any atom is 0.261 e. The summed E-state index contributed by atoms with van der Waals surface area (Å²) < 4.78 is 73.4. The van der Waals surface area contributed by atoms with Gasteiger partial charge >= 0.3 is 0 Å². The van der Waals surface area contributed by atoms with Crippen LogP contribution < -0.4 is 4.72 Å². The number of nitrogens with one attached hydrogen (secondary N) is 1. The molecule has 5 nitrogen and oxygen atoms in total. The topological polar surface area (TPSA) is 80.3 Å². The molecule has 0 aliphatic rings. The minimum absolute atomic E-state index is 0.436. The zero-order chi connectivity index (χ0) is 15.9. The van der Waals surface area contributed by atoms with E-state index < -0.39 is 46.0 Å². The quantitative estimate of drug-likeness (QED) is 0.851. The molecule has 0 spiro atoms. The van der Waals surface area contributed by atoms with Crippen LogP contribution in [0.4, 0.5) is 14.5 Å². The Balaban J connectivity index is 3.38. The Bertz CT molecular complexity index is 716. The van der Waals surface area contributed by atoms with Gasteiger partial charge in [0.15, 0.2) is 11.6 Å². The SMILES string of the molecule is CC(C)(C)S(=O)(=O)Nc1c(F)cc(S(=O)(=O)Cl)cc1F. The number of benzene rings is 1. The van der Waals surface area contributed by atoms with Gasteiger partial charge in [-0.2, -0.15) is 0 Å². The molecule has 0 atom stereocenters. The van der Waals surface area contributed by atoms with Gasteiger partial charge in [0.1, 0.15) is 5.69 Å². The highest BCUT2D eigenvalue weighted by molar-refractivity contribution is 8.13. The smallest absolute Gasteiger partial charge is 0.261 e. The van der Waals surface area contributed by atoms with Crippen LogP contribution in [0.15, 0.2) is 17.0 Å². The van der Waals surface area contributed by atoms with Crippen molar-refractivity contribution in [3.8, 4) is 0 Å². The molecule has 0 unspecified atom stereocenters. The number of sulfonamides is 1. The van der Waals surface area contributed by atoms with Gasteiger partial charge in [-0.05, 0) is 32.9 Å². The summed E-state index contributed by atoms with van der Waals surface area (Å²) in [6.07, 6.45) is 0. The van der Waals surface area contributed by atoms with Crippen LogP contribution in [0, 0.1) is 11.6 Å². The highest BCUT2D eigenvalue weighted by Gasteiger charge is 2.31. The van der Waals surface area contributed by atoms with E-state index in [4.69, 9.17) is 10.7 Å². The minimum Gasteiger partial charge on any atom is -0.277 e. The van der Waals surface area contributed by atoms with E-state index in [-0.39, 0.29) is 0 Å². The van der Waals surface area contributed by atoms with Crippen molar-refractivity contribution >= 4 is 35.4 Å². The lowest BCUT2D eigenvalue weighted by molar-refractivity contribution is 0.558. The summed E-state index contributed by atoms with van der Waals surface area (Å²) in [7, 11) is -3.42. The lowest BCUT2D eigenvalue weighted by Crippen LogP contribution is -2.34. The van der Waals surface area contributed by atoms with E-state index in [1.807, 2.05) is 0 Å². The summed E-state index contributed by atoms with van der Waals surface area (Å²) in [4.78, 5) is -0.798. The summed E-state index contributed by atoms with van der Waals surface area (Å²) in [5.41, 5.74) is -0.955. The molecule has 10 heteroatoms. The first kappa shape index (κ1) is 17.1. The maximum absolute atomic E-state index is 13.7. The Morgan fingerprint density at radius 1 is 1.05 bits per heavy atom. The number of hydrogen-bond acceptors (Lipinski definition) is 4. The summed E-state index contributed by atoms with van der Waals surface area (Å²) >= 11 is 0. The third-order valence-corrected chi connectivity index (χ3v) is 5.76. The molecule has 1 N–H and O–H groups in total. The minimum atomic E-state index is -4.32. The van der Waals surface area contributed by atoms with Gasteiger partial charge in [0.05, 0.1) is 9.64 Å². The van der Waals surface area contributed by atoms with E-state index in [1.54, 1.807) is 4.72 Å². The Kier molecular flexibility index (Phi) is 4.38. The van der Waals surface area contributed by atoms with Crippen LogP contribution in [-0.4, -0.2) is 21.6 Å². The van der Waals surface area contributed by atoms with Crippen LogP contribution in [0.3, 0.4) is 0 Å². The molecule has 0 aliphatic heterocycles. The van der Waals surface area contributed by atoms with Crippen molar-refractivity contribution in [3.63, 3.8) is 0 Å². The zero-order valence-corrected chi connectivity index (χ0v) is 13.1. The van der Waals surface area contributed by atoms with E-state index >= 15 is 0 Å². The Hall–Kier alpha value is -0.930. The van der Waals surface area contributed by atoms with E-state index in [0.717, 1.165) is 0 Å². The highest BCUT2D eigenvalue weighted by atomic mass is 35.7. The van der Waals surface area contributed by atoms with Gasteiger partial charge in [-0.3, -0.25) is 4.72 Å². The van der Waals surface area contributed by atoms with Crippen molar-refractivity contribution in [3.05, 3.63) is 23.8 Å². The average Bonchev–Trinajstić information content (AvgIpc) is 2.20. The first-order valence-electron chi connectivity index (χ1n) is 5.22. The molecule has 0 fully saturated rings. The second-order valence-electron chi connectivity index (χ2n) is 4.92. The van der Waals surface area contributed by atoms with Gasteiger partial charge in [-0.1, -0.05) is 0 Å². The number of hydrogen-bond donors (Lipinski definition) is 1. The van der Waals surface area contributed by atoms with Crippen LogP contribution in [0.2, 0.25) is 0 Å². The maximum atomic E-state index is 13.7. The van der Waals surface area contributed by atoms with Crippen LogP contribution >= 0.6 is 10.7 Å². The van der Waals surface area contributed by atoms with Crippen molar-refractivity contribution in [1.29, 1.82) is 0 Å². The Morgan fingerprint density at radius 2 is 1.45 bits per heavy atom. The molecule has 0 bridgehead atoms. The van der Waals surface area contributed by atoms with E-state index in [9.17, 15) is 25.6 Å². The van der Waals surface area contributed by atoms with Crippen molar-refractivity contribution < 1.29 is 25.6 Å². The van der Waals surface area contributed by atoms with Gasteiger partial charge in [0.25, 0.3) is 9.05 Å². The third-order valence-electron chi connectivity index (χ3n) is 2.34. The van der Waals surface area contributed by atoms with Crippen molar-refractivity contribution in [2.45, 2.75) is 30.4 Å². The second kappa shape index (κ2) is 5.12. The summed E-state index contributed by atoms with van der Waals surface area (Å²) in [6, 6.07) is 0.873. The molecule has 1 rings (SSSR count). The van der Waals surface area contributed by atoms with Crippen LogP contribution in [0.1, 0.15) is 20.8 Å². The zero-order valence-electron chi connectivity index (χ0n) is 10.7. The van der Waals surface area contributed by atoms with E-state index in [1.165, 1.54) is 20.8 Å². The van der Waals surface area contributed by atoms with Crippen LogP contribution in [0.5, 0.6) is 0 Å². The fourth-order valence-electron chi connectivity index (χ4n) is 1.08. The molecule has 0 saturated carbocycles. The van der Waals surface area contributed by atoms with Crippen LogP contribution in [-0.2, 0) is 19.1 Å². The number of halogens is 3. The molecular weight excluding hydrogens is 336 g/mol. The standard InChI is InChI=1S/C10H12ClF2NO4S2/c1-10(2,3)20(17,18)14-9-7(12)4-6(5-8(9)13)19(11,15)16/h4-5,14H,1-3H3. The van der Waals surface area contributed by atoms with Crippen molar-refractivity contribution in [1.82, 2.24) is 0 Å². The molecule has 114 valence electrons. The molecule has 0 aromatic heterocycles. The lowest BCUT2D eigenvalue weighted by Gasteiger charge is -2.21.